The lowest BCUT2D eigenvalue weighted by molar-refractivity contribution is 0.519. The van der Waals surface area contributed by atoms with Crippen LogP contribution in [0.25, 0.3) is 0 Å². The minimum absolute atomic E-state index is 0.158. The topological polar surface area (TPSA) is 31.9 Å². The summed E-state index contributed by atoms with van der Waals surface area (Å²) in [5.41, 5.74) is 5.00. The van der Waals surface area contributed by atoms with Crippen molar-refractivity contribution in [2.75, 3.05) is 6.54 Å². The Labute approximate surface area is 101 Å². The number of hydrogen-bond donors (Lipinski definition) is 0. The van der Waals surface area contributed by atoms with Crippen molar-refractivity contribution < 1.29 is 0 Å². The van der Waals surface area contributed by atoms with Crippen LogP contribution < -0.4 is 5.32 Å². The van der Waals surface area contributed by atoms with Crippen molar-refractivity contribution in [1.29, 1.82) is 0 Å². The molecule has 0 bridgehead atoms. The summed E-state index contributed by atoms with van der Waals surface area (Å²) in [4.78, 5) is 0. The lowest BCUT2D eigenvalue weighted by atomic mass is 9.92. The number of hydrogen-bond acceptors (Lipinski definition) is 1. The molecule has 1 aliphatic heterocycles. The molecule has 0 saturated carbocycles. The van der Waals surface area contributed by atoms with Gasteiger partial charge in [0.15, 0.2) is 0 Å². The predicted molar refractivity (Wildman–Crippen MR) is 66.9 cm³/mol. The first-order chi connectivity index (χ1) is 8.25. The first-order valence-electron chi connectivity index (χ1n) is 6.00. The minimum Gasteiger partial charge on any atom is -0.270 e. The van der Waals surface area contributed by atoms with E-state index in [-0.39, 0.29) is 6.04 Å². The van der Waals surface area contributed by atoms with Crippen molar-refractivity contribution in [3.63, 3.8) is 0 Å². The van der Waals surface area contributed by atoms with Gasteiger partial charge >= 0.3 is 0 Å². The molecular formula is C14H16N3. The molecule has 1 radical (unpaired) electrons. The molecule has 3 nitrogen and oxygen atoms in total. The zero-order valence-electron chi connectivity index (χ0n) is 10.2. The fourth-order valence-corrected chi connectivity index (χ4v) is 2.58. The highest BCUT2D eigenvalue weighted by Gasteiger charge is 2.24. The maximum atomic E-state index is 4.75. The zero-order chi connectivity index (χ0) is 11.8. The summed E-state index contributed by atoms with van der Waals surface area (Å²) in [5, 5.41) is 9.17. The molecule has 3 heteroatoms. The summed E-state index contributed by atoms with van der Waals surface area (Å²) in [7, 11) is 2.00. The molecule has 0 fully saturated rings. The molecule has 3 rings (SSSR count). The number of benzene rings is 1. The highest BCUT2D eigenvalue weighted by Crippen LogP contribution is 2.29. The Hall–Kier alpha value is -1.61. The number of rotatable bonds is 1. The molecule has 0 N–H and O–H groups in total. The summed E-state index contributed by atoms with van der Waals surface area (Å²) in [6.45, 7) is 2.93. The fraction of sp³-hybridized carbons (Fsp3) is 0.357. The van der Waals surface area contributed by atoms with Gasteiger partial charge < -0.3 is 0 Å². The second kappa shape index (κ2) is 4.00. The average Bonchev–Trinajstić information content (AvgIpc) is 2.68. The van der Waals surface area contributed by atoms with Crippen LogP contribution in [0.3, 0.4) is 0 Å². The van der Waals surface area contributed by atoms with E-state index in [1.54, 1.807) is 0 Å². The lowest BCUT2D eigenvalue weighted by Gasteiger charge is -2.25. The predicted octanol–water partition coefficient (Wildman–Crippen LogP) is 1.98. The number of aromatic nitrogens is 2. The fourth-order valence-electron chi connectivity index (χ4n) is 2.58. The smallest absolute Gasteiger partial charge is 0.0916 e. The molecule has 2 aromatic rings. The van der Waals surface area contributed by atoms with E-state index in [0.717, 1.165) is 18.7 Å². The Bertz CT molecular complexity index is 542. The van der Waals surface area contributed by atoms with E-state index in [9.17, 15) is 0 Å². The van der Waals surface area contributed by atoms with Gasteiger partial charge in [0.05, 0.1) is 17.4 Å². The first kappa shape index (κ1) is 10.5. The highest BCUT2D eigenvalue weighted by atomic mass is 15.3. The SMILES string of the molecule is Cc1cc(C2[N]CCc3ccccc32)n(C)n1. The van der Waals surface area contributed by atoms with Gasteiger partial charge in [-0.25, -0.2) is 5.32 Å². The molecule has 1 aliphatic rings. The maximum Gasteiger partial charge on any atom is 0.0916 e. The van der Waals surface area contributed by atoms with Gasteiger partial charge in [0, 0.05) is 13.6 Å². The molecule has 1 aromatic carbocycles. The summed E-state index contributed by atoms with van der Waals surface area (Å²) in [6.07, 6.45) is 1.06. The van der Waals surface area contributed by atoms with Gasteiger partial charge in [-0.2, -0.15) is 5.10 Å². The monoisotopic (exact) mass is 226 g/mol. The van der Waals surface area contributed by atoms with Gasteiger partial charge in [0.1, 0.15) is 0 Å². The minimum atomic E-state index is 0.158. The van der Waals surface area contributed by atoms with E-state index >= 15 is 0 Å². The number of fused-ring (bicyclic) bond motifs is 1. The van der Waals surface area contributed by atoms with E-state index in [2.05, 4.69) is 35.4 Å². The van der Waals surface area contributed by atoms with Gasteiger partial charge in [-0.15, -0.1) is 0 Å². The summed E-state index contributed by atoms with van der Waals surface area (Å²) < 4.78 is 1.95. The van der Waals surface area contributed by atoms with Crippen LogP contribution in [-0.2, 0) is 13.5 Å². The van der Waals surface area contributed by atoms with Crippen LogP contribution in [0.4, 0.5) is 0 Å². The van der Waals surface area contributed by atoms with Crippen molar-refractivity contribution in [2.24, 2.45) is 7.05 Å². The molecule has 2 heterocycles. The molecule has 17 heavy (non-hydrogen) atoms. The zero-order valence-corrected chi connectivity index (χ0v) is 10.2. The molecule has 1 aromatic heterocycles. The molecule has 1 atom stereocenters. The lowest BCUT2D eigenvalue weighted by Crippen LogP contribution is -2.26. The van der Waals surface area contributed by atoms with E-state index in [4.69, 9.17) is 5.32 Å². The highest BCUT2D eigenvalue weighted by molar-refractivity contribution is 5.37. The number of aryl methyl sites for hydroxylation is 2. The Kier molecular flexibility index (Phi) is 2.48. The average molecular weight is 226 g/mol. The van der Waals surface area contributed by atoms with E-state index in [1.807, 2.05) is 18.7 Å². The summed E-state index contributed by atoms with van der Waals surface area (Å²) in [5.74, 6) is 0. The van der Waals surface area contributed by atoms with Gasteiger partial charge in [0.25, 0.3) is 0 Å². The Morgan fingerprint density at radius 1 is 1.29 bits per heavy atom. The molecule has 1 unspecified atom stereocenters. The Morgan fingerprint density at radius 2 is 2.12 bits per heavy atom. The molecular weight excluding hydrogens is 210 g/mol. The Morgan fingerprint density at radius 3 is 2.88 bits per heavy atom. The van der Waals surface area contributed by atoms with Crippen molar-refractivity contribution in [2.45, 2.75) is 19.4 Å². The second-order valence-corrected chi connectivity index (χ2v) is 4.59. The van der Waals surface area contributed by atoms with Crippen molar-refractivity contribution in [3.8, 4) is 0 Å². The normalized spacial score (nSPS) is 19.1. The van der Waals surface area contributed by atoms with Crippen LogP contribution in [0.5, 0.6) is 0 Å². The molecule has 0 saturated heterocycles. The molecule has 87 valence electrons. The molecule has 0 amide bonds. The van der Waals surface area contributed by atoms with Gasteiger partial charge in [-0.05, 0) is 30.5 Å². The van der Waals surface area contributed by atoms with Crippen molar-refractivity contribution in [1.82, 2.24) is 15.1 Å². The van der Waals surface area contributed by atoms with E-state index < -0.39 is 0 Å². The first-order valence-corrected chi connectivity index (χ1v) is 6.00. The number of nitrogens with zero attached hydrogens (tertiary/aromatic N) is 3. The van der Waals surface area contributed by atoms with Crippen LogP contribution in [0.2, 0.25) is 0 Å². The van der Waals surface area contributed by atoms with E-state index in [1.165, 1.54) is 16.8 Å². The standard InChI is InChI=1S/C14H16N3/c1-10-9-13(17(2)16-10)14-12-6-4-3-5-11(12)7-8-15-14/h3-6,9,14H,7-8H2,1-2H3. The Balaban J connectivity index is 2.09. The van der Waals surface area contributed by atoms with Crippen molar-refractivity contribution in [3.05, 3.63) is 52.8 Å². The van der Waals surface area contributed by atoms with Crippen molar-refractivity contribution >= 4 is 0 Å². The second-order valence-electron chi connectivity index (χ2n) is 4.59. The van der Waals surface area contributed by atoms with Crippen LogP contribution in [0.1, 0.15) is 28.6 Å². The third kappa shape index (κ3) is 1.76. The maximum absolute atomic E-state index is 4.75. The van der Waals surface area contributed by atoms with Crippen LogP contribution in [0, 0.1) is 6.92 Å². The largest absolute Gasteiger partial charge is 0.270 e. The van der Waals surface area contributed by atoms with Gasteiger partial charge in [0.2, 0.25) is 0 Å². The van der Waals surface area contributed by atoms with Crippen LogP contribution in [0.15, 0.2) is 30.3 Å². The summed E-state index contributed by atoms with van der Waals surface area (Å²) in [6, 6.07) is 10.9. The molecule has 0 spiro atoms. The third-order valence-corrected chi connectivity index (χ3v) is 3.36. The summed E-state index contributed by atoms with van der Waals surface area (Å²) >= 11 is 0. The van der Waals surface area contributed by atoms with Gasteiger partial charge in [-0.1, -0.05) is 24.3 Å². The van der Waals surface area contributed by atoms with Crippen LogP contribution >= 0.6 is 0 Å². The molecule has 0 aliphatic carbocycles. The van der Waals surface area contributed by atoms with E-state index in [0.29, 0.717) is 0 Å². The third-order valence-electron chi connectivity index (χ3n) is 3.36. The van der Waals surface area contributed by atoms with Crippen LogP contribution in [-0.4, -0.2) is 16.3 Å². The van der Waals surface area contributed by atoms with Gasteiger partial charge in [-0.3, -0.25) is 4.68 Å². The quantitative estimate of drug-likeness (QED) is 0.731.